The minimum Gasteiger partial charge on any atom is -0.448 e. The molecule has 0 unspecified atom stereocenters. The van der Waals surface area contributed by atoms with Gasteiger partial charge in [0.1, 0.15) is 0 Å². The zero-order valence-electron chi connectivity index (χ0n) is 9.35. The van der Waals surface area contributed by atoms with E-state index in [0.717, 1.165) is 12.8 Å². The van der Waals surface area contributed by atoms with Crippen molar-refractivity contribution in [3.8, 4) is 0 Å². The number of carboxylic acid groups (broad SMARTS) is 1. The van der Waals surface area contributed by atoms with E-state index in [2.05, 4.69) is 26.8 Å². The third-order valence-corrected chi connectivity index (χ3v) is 1.76. The van der Waals surface area contributed by atoms with Crippen LogP contribution in [0.1, 0.15) is 45.4 Å². The van der Waals surface area contributed by atoms with Crippen molar-refractivity contribution in [2.45, 2.75) is 45.4 Å². The van der Waals surface area contributed by atoms with Gasteiger partial charge in [0, 0.05) is 5.04 Å². The van der Waals surface area contributed by atoms with Gasteiger partial charge in [0.15, 0.2) is 0 Å². The van der Waals surface area contributed by atoms with Crippen LogP contribution < -0.4 is 0 Å². The van der Waals surface area contributed by atoms with Gasteiger partial charge in [-0.1, -0.05) is 39.0 Å². The zero-order valence-corrected chi connectivity index (χ0v) is 10.2. The minimum atomic E-state index is -1.59. The molecule has 6 nitrogen and oxygen atoms in total. The fourth-order valence-corrected chi connectivity index (χ4v) is 1.04. The van der Waals surface area contributed by atoms with Gasteiger partial charge >= 0.3 is 6.16 Å². The van der Waals surface area contributed by atoms with E-state index >= 15 is 0 Å². The highest BCUT2D eigenvalue weighted by Crippen LogP contribution is 2.04. The average Bonchev–Trinajstić information content (AvgIpc) is 2.20. The van der Waals surface area contributed by atoms with Gasteiger partial charge in [0.25, 0.3) is 0 Å². The highest BCUT2D eigenvalue weighted by Gasteiger charge is 1.98. The van der Waals surface area contributed by atoms with E-state index in [1.807, 2.05) is 0 Å². The molecule has 0 heterocycles. The zero-order chi connectivity index (χ0) is 11.4. The van der Waals surface area contributed by atoms with E-state index in [-0.39, 0.29) is 12.4 Å². The molecular weight excluding hydrogens is 240 g/mol. The summed E-state index contributed by atoms with van der Waals surface area (Å²) in [5, 5.41) is 15.6. The average molecular weight is 259 g/mol. The Bertz CT molecular complexity index is 155. The van der Waals surface area contributed by atoms with Crippen molar-refractivity contribution in [1.29, 1.82) is 0 Å². The van der Waals surface area contributed by atoms with E-state index in [0.29, 0.717) is 6.61 Å². The Morgan fingerprint density at radius 1 is 1.06 bits per heavy atom. The van der Waals surface area contributed by atoms with Crippen molar-refractivity contribution in [1.82, 2.24) is 0 Å². The maximum absolute atomic E-state index is 9.75. The smallest absolute Gasteiger partial charge is 0.448 e. The standard InChI is InChI=1S/C9H18O6.ClH/c1-2-3-4-5-6-7-8-12-14-15-13-9(10)11;/h2-8H2,1H3,(H,10,11);1H. The van der Waals surface area contributed by atoms with Crippen molar-refractivity contribution < 1.29 is 29.8 Å². The SMILES string of the molecule is CCCCCCCCOOOOC(=O)O.Cl. The van der Waals surface area contributed by atoms with Crippen LogP contribution in [0.15, 0.2) is 0 Å². The monoisotopic (exact) mass is 258 g/mol. The molecule has 0 saturated heterocycles. The summed E-state index contributed by atoms with van der Waals surface area (Å²) in [5.41, 5.74) is 0. The summed E-state index contributed by atoms with van der Waals surface area (Å²) in [4.78, 5) is 17.8. The molecule has 0 saturated carbocycles. The summed E-state index contributed by atoms with van der Waals surface area (Å²) in [7, 11) is 0. The van der Waals surface area contributed by atoms with E-state index in [1.54, 1.807) is 0 Å². The van der Waals surface area contributed by atoms with Crippen molar-refractivity contribution in [3.05, 3.63) is 0 Å². The number of hydrogen-bond donors (Lipinski definition) is 1. The molecule has 0 aromatic rings. The molecule has 98 valence electrons. The first kappa shape index (κ1) is 17.8. The Hall–Kier alpha value is -0.560. The van der Waals surface area contributed by atoms with E-state index in [4.69, 9.17) is 5.11 Å². The third kappa shape index (κ3) is 15.9. The Labute approximate surface area is 101 Å². The first-order chi connectivity index (χ1) is 7.27. The molecule has 1 N–H and O–H groups in total. The number of unbranched alkanes of at least 4 members (excludes halogenated alkanes) is 5. The molecular formula is C9H19ClO6. The van der Waals surface area contributed by atoms with Crippen LogP contribution >= 0.6 is 12.4 Å². The van der Waals surface area contributed by atoms with Crippen LogP contribution in [0.3, 0.4) is 0 Å². The lowest BCUT2D eigenvalue weighted by Crippen LogP contribution is -2.04. The van der Waals surface area contributed by atoms with Crippen LogP contribution in [0.5, 0.6) is 0 Å². The molecule has 0 bridgehead atoms. The van der Waals surface area contributed by atoms with Crippen LogP contribution in [0, 0.1) is 0 Å². The van der Waals surface area contributed by atoms with Gasteiger partial charge in [0.2, 0.25) is 0 Å². The van der Waals surface area contributed by atoms with Gasteiger partial charge in [-0.05, 0) is 11.5 Å². The fourth-order valence-electron chi connectivity index (χ4n) is 1.04. The van der Waals surface area contributed by atoms with Crippen molar-refractivity contribution in [2.24, 2.45) is 0 Å². The summed E-state index contributed by atoms with van der Waals surface area (Å²) in [6, 6.07) is 0. The molecule has 0 aromatic heterocycles. The summed E-state index contributed by atoms with van der Waals surface area (Å²) >= 11 is 0. The van der Waals surface area contributed by atoms with Crippen LogP contribution in [0.25, 0.3) is 0 Å². The van der Waals surface area contributed by atoms with Gasteiger partial charge in [-0.15, -0.1) is 12.4 Å². The number of hydrogen-bond acceptors (Lipinski definition) is 5. The molecule has 0 atom stereocenters. The molecule has 0 rings (SSSR count). The lowest BCUT2D eigenvalue weighted by Gasteiger charge is -2.00. The molecule has 0 fully saturated rings. The molecule has 0 aliphatic carbocycles. The maximum atomic E-state index is 9.75. The quantitative estimate of drug-likeness (QED) is 0.368. The normalized spacial score (nSPS) is 9.56. The first-order valence-electron chi connectivity index (χ1n) is 5.13. The Morgan fingerprint density at radius 3 is 2.31 bits per heavy atom. The number of halogens is 1. The van der Waals surface area contributed by atoms with Gasteiger partial charge in [-0.2, -0.15) is 0 Å². The Balaban J connectivity index is 0. The largest absolute Gasteiger partial charge is 0.540 e. The highest BCUT2D eigenvalue weighted by molar-refractivity contribution is 5.85. The Kier molecular flexibility index (Phi) is 16.1. The molecule has 0 aromatic carbocycles. The van der Waals surface area contributed by atoms with E-state index < -0.39 is 6.16 Å². The van der Waals surface area contributed by atoms with E-state index in [1.165, 1.54) is 25.7 Å². The second kappa shape index (κ2) is 14.4. The molecule has 0 spiro atoms. The lowest BCUT2D eigenvalue weighted by atomic mass is 10.1. The summed E-state index contributed by atoms with van der Waals surface area (Å²) in [6.45, 7) is 2.52. The minimum absolute atomic E-state index is 0. The van der Waals surface area contributed by atoms with Crippen LogP contribution in [0.2, 0.25) is 0 Å². The molecule has 0 aliphatic heterocycles. The van der Waals surface area contributed by atoms with Crippen molar-refractivity contribution >= 4 is 18.6 Å². The Morgan fingerprint density at radius 2 is 1.69 bits per heavy atom. The van der Waals surface area contributed by atoms with Crippen LogP contribution in [-0.4, -0.2) is 17.9 Å². The van der Waals surface area contributed by atoms with Gasteiger partial charge in [-0.25, -0.2) is 14.6 Å². The van der Waals surface area contributed by atoms with Gasteiger partial charge < -0.3 is 5.11 Å². The fraction of sp³-hybridized carbons (Fsp3) is 0.889. The van der Waals surface area contributed by atoms with Crippen LogP contribution in [-0.2, 0) is 19.9 Å². The second-order valence-corrected chi connectivity index (χ2v) is 3.08. The highest BCUT2D eigenvalue weighted by atomic mass is 35.5. The van der Waals surface area contributed by atoms with Crippen molar-refractivity contribution in [3.63, 3.8) is 0 Å². The summed E-state index contributed by atoms with van der Waals surface area (Å²) in [6.07, 6.45) is 5.20. The molecule has 0 radical (unpaired) electrons. The topological polar surface area (TPSA) is 74.2 Å². The molecule has 16 heavy (non-hydrogen) atoms. The van der Waals surface area contributed by atoms with Crippen molar-refractivity contribution in [2.75, 3.05) is 6.61 Å². The predicted molar refractivity (Wildman–Crippen MR) is 57.9 cm³/mol. The predicted octanol–water partition coefficient (Wildman–Crippen LogP) is 3.26. The van der Waals surface area contributed by atoms with Crippen LogP contribution in [0.4, 0.5) is 4.79 Å². The summed E-state index contributed by atoms with van der Waals surface area (Å²) in [5.74, 6) is 0. The first-order valence-corrected chi connectivity index (χ1v) is 5.13. The second-order valence-electron chi connectivity index (χ2n) is 3.08. The molecule has 0 amide bonds. The lowest BCUT2D eigenvalue weighted by molar-refractivity contribution is -0.618. The maximum Gasteiger partial charge on any atom is 0.540 e. The van der Waals surface area contributed by atoms with Gasteiger partial charge in [0.05, 0.1) is 6.61 Å². The molecule has 7 heteroatoms. The van der Waals surface area contributed by atoms with E-state index in [9.17, 15) is 4.79 Å². The summed E-state index contributed by atoms with van der Waals surface area (Å²) < 4.78 is 0. The number of rotatable bonds is 10. The van der Waals surface area contributed by atoms with Gasteiger partial charge in [-0.3, -0.25) is 0 Å². The number of carbonyl (C=O) groups is 1. The molecule has 0 aliphatic rings. The third-order valence-electron chi connectivity index (χ3n) is 1.76.